The molecule has 0 radical (unpaired) electrons. The van der Waals surface area contributed by atoms with Crippen LogP contribution in [0, 0.1) is 0 Å². The zero-order valence-electron chi connectivity index (χ0n) is 13.0. The van der Waals surface area contributed by atoms with Gasteiger partial charge >= 0.3 is 0 Å². The maximum atomic E-state index is 12.3. The van der Waals surface area contributed by atoms with E-state index in [4.69, 9.17) is 9.47 Å². The van der Waals surface area contributed by atoms with Gasteiger partial charge in [-0.3, -0.25) is 4.79 Å². The standard InChI is InChI=1S/C18H18BrNO3/c1-22-14-9-8-13(15(10-14)23-2)11-20-17(16(19)18(20)21)12-6-4-3-5-7-12/h3-10,16-17H,11H2,1-2H3/t16-,17+/m0/s1. The largest absolute Gasteiger partial charge is 0.497 e. The molecule has 0 N–H and O–H groups in total. The number of hydrogen-bond donors (Lipinski definition) is 0. The Morgan fingerprint density at radius 2 is 1.83 bits per heavy atom. The average Bonchev–Trinajstić information content (AvgIpc) is 2.61. The summed E-state index contributed by atoms with van der Waals surface area (Å²) in [4.78, 5) is 14.0. The van der Waals surface area contributed by atoms with Crippen LogP contribution in [0.4, 0.5) is 0 Å². The molecule has 1 fully saturated rings. The predicted molar refractivity (Wildman–Crippen MR) is 92.0 cm³/mol. The Morgan fingerprint density at radius 3 is 2.48 bits per heavy atom. The van der Waals surface area contributed by atoms with Crippen molar-refractivity contribution < 1.29 is 14.3 Å². The van der Waals surface area contributed by atoms with E-state index in [1.54, 1.807) is 14.2 Å². The van der Waals surface area contributed by atoms with Gasteiger partial charge in [0.1, 0.15) is 16.3 Å². The van der Waals surface area contributed by atoms with Gasteiger partial charge in [0.2, 0.25) is 5.91 Å². The van der Waals surface area contributed by atoms with Crippen molar-refractivity contribution in [2.24, 2.45) is 0 Å². The van der Waals surface area contributed by atoms with Gasteiger partial charge in [0, 0.05) is 11.6 Å². The average molecular weight is 376 g/mol. The van der Waals surface area contributed by atoms with E-state index >= 15 is 0 Å². The molecular weight excluding hydrogens is 358 g/mol. The van der Waals surface area contributed by atoms with E-state index < -0.39 is 0 Å². The summed E-state index contributed by atoms with van der Waals surface area (Å²) in [7, 11) is 3.24. The number of likely N-dealkylation sites (tertiary alicyclic amines) is 1. The van der Waals surface area contributed by atoms with Crippen molar-refractivity contribution in [2.45, 2.75) is 17.4 Å². The minimum absolute atomic E-state index is 0.0375. The third kappa shape index (κ3) is 2.93. The molecule has 0 aromatic heterocycles. The highest BCUT2D eigenvalue weighted by atomic mass is 79.9. The highest BCUT2D eigenvalue weighted by molar-refractivity contribution is 9.10. The van der Waals surface area contributed by atoms with Crippen molar-refractivity contribution in [3.63, 3.8) is 0 Å². The summed E-state index contributed by atoms with van der Waals surface area (Å²) in [6, 6.07) is 15.7. The molecule has 0 spiro atoms. The highest BCUT2D eigenvalue weighted by Gasteiger charge is 2.46. The van der Waals surface area contributed by atoms with Crippen molar-refractivity contribution in [2.75, 3.05) is 14.2 Å². The molecule has 1 amide bonds. The van der Waals surface area contributed by atoms with Gasteiger partial charge in [0.05, 0.1) is 26.8 Å². The molecule has 1 aliphatic heterocycles. The monoisotopic (exact) mass is 375 g/mol. The number of alkyl halides is 1. The maximum absolute atomic E-state index is 12.3. The number of hydrogen-bond acceptors (Lipinski definition) is 3. The van der Waals surface area contributed by atoms with E-state index in [9.17, 15) is 4.79 Å². The molecule has 2 aromatic carbocycles. The molecule has 2 aromatic rings. The molecule has 23 heavy (non-hydrogen) atoms. The molecule has 0 unspecified atom stereocenters. The first-order chi connectivity index (χ1) is 11.2. The van der Waals surface area contributed by atoms with Crippen LogP contribution in [0.1, 0.15) is 17.2 Å². The van der Waals surface area contributed by atoms with E-state index in [0.29, 0.717) is 6.54 Å². The number of carbonyl (C=O) groups is 1. The van der Waals surface area contributed by atoms with Gasteiger partial charge in [-0.2, -0.15) is 0 Å². The fourth-order valence-corrected chi connectivity index (χ4v) is 3.70. The van der Waals surface area contributed by atoms with Crippen LogP contribution in [-0.4, -0.2) is 29.9 Å². The maximum Gasteiger partial charge on any atom is 0.239 e. The van der Waals surface area contributed by atoms with Crippen LogP contribution in [0.5, 0.6) is 11.5 Å². The number of rotatable bonds is 5. The van der Waals surface area contributed by atoms with Crippen molar-refractivity contribution in [1.82, 2.24) is 4.90 Å². The molecule has 120 valence electrons. The zero-order chi connectivity index (χ0) is 16.4. The lowest BCUT2D eigenvalue weighted by atomic mass is 9.93. The van der Waals surface area contributed by atoms with E-state index in [0.717, 1.165) is 22.6 Å². The molecule has 5 heteroatoms. The Labute approximate surface area is 144 Å². The summed E-state index contributed by atoms with van der Waals surface area (Å²) in [6.07, 6.45) is 0. The Balaban J connectivity index is 1.85. The summed E-state index contributed by atoms with van der Waals surface area (Å²) in [5.41, 5.74) is 2.09. The molecule has 3 rings (SSSR count). The Kier molecular flexibility index (Phi) is 4.57. The Bertz CT molecular complexity index is 705. The Morgan fingerprint density at radius 1 is 1.09 bits per heavy atom. The van der Waals surface area contributed by atoms with Crippen LogP contribution >= 0.6 is 15.9 Å². The van der Waals surface area contributed by atoms with Crippen LogP contribution < -0.4 is 9.47 Å². The lowest BCUT2D eigenvalue weighted by Crippen LogP contribution is -2.55. The number of benzene rings is 2. The number of methoxy groups -OCH3 is 2. The van der Waals surface area contributed by atoms with Crippen molar-refractivity contribution in [3.8, 4) is 11.5 Å². The molecule has 1 heterocycles. The van der Waals surface area contributed by atoms with Crippen molar-refractivity contribution in [3.05, 3.63) is 59.7 Å². The number of carbonyl (C=O) groups excluding carboxylic acids is 1. The van der Waals surface area contributed by atoms with Gasteiger partial charge in [-0.05, 0) is 17.7 Å². The lowest BCUT2D eigenvalue weighted by Gasteiger charge is -2.45. The molecular formula is C18H18BrNO3. The summed E-state index contributed by atoms with van der Waals surface area (Å²) in [5.74, 6) is 1.55. The minimum Gasteiger partial charge on any atom is -0.497 e. The molecule has 0 bridgehead atoms. The fraction of sp³-hybridized carbons (Fsp3) is 0.278. The van der Waals surface area contributed by atoms with Crippen molar-refractivity contribution >= 4 is 21.8 Å². The second-order valence-electron chi connectivity index (χ2n) is 5.40. The van der Waals surface area contributed by atoms with Crippen LogP contribution in [0.25, 0.3) is 0 Å². The molecule has 1 aliphatic rings. The summed E-state index contributed by atoms with van der Waals surface area (Å²) >= 11 is 3.50. The van der Waals surface area contributed by atoms with Gasteiger partial charge in [-0.15, -0.1) is 0 Å². The van der Waals surface area contributed by atoms with E-state index in [2.05, 4.69) is 15.9 Å². The molecule has 4 nitrogen and oxygen atoms in total. The molecule has 1 saturated heterocycles. The van der Waals surface area contributed by atoms with Crippen LogP contribution in [0.3, 0.4) is 0 Å². The number of ether oxygens (including phenoxy) is 2. The second kappa shape index (κ2) is 6.62. The zero-order valence-corrected chi connectivity index (χ0v) is 14.6. The first-order valence-corrected chi connectivity index (χ1v) is 8.27. The quantitative estimate of drug-likeness (QED) is 0.592. The van der Waals surface area contributed by atoms with Gasteiger partial charge in [-0.1, -0.05) is 46.3 Å². The topological polar surface area (TPSA) is 38.8 Å². The van der Waals surface area contributed by atoms with E-state index in [1.807, 2.05) is 53.4 Å². The van der Waals surface area contributed by atoms with E-state index in [-0.39, 0.29) is 16.8 Å². The summed E-state index contributed by atoms with van der Waals surface area (Å²) in [5, 5.41) is 0. The summed E-state index contributed by atoms with van der Waals surface area (Å²) in [6.45, 7) is 0.508. The first kappa shape index (κ1) is 15.9. The second-order valence-corrected chi connectivity index (χ2v) is 6.39. The highest BCUT2D eigenvalue weighted by Crippen LogP contribution is 2.41. The number of β-lactam (4-membered cyclic amide) rings is 1. The van der Waals surface area contributed by atoms with E-state index in [1.165, 1.54) is 0 Å². The first-order valence-electron chi connectivity index (χ1n) is 7.36. The van der Waals surface area contributed by atoms with Gasteiger partial charge in [-0.25, -0.2) is 0 Å². The smallest absolute Gasteiger partial charge is 0.239 e. The normalized spacial score (nSPS) is 20.1. The van der Waals surface area contributed by atoms with Crippen LogP contribution in [0.2, 0.25) is 0 Å². The molecule has 0 aliphatic carbocycles. The van der Waals surface area contributed by atoms with Gasteiger partial charge in [0.15, 0.2) is 0 Å². The lowest BCUT2D eigenvalue weighted by molar-refractivity contribution is -0.145. The van der Waals surface area contributed by atoms with Gasteiger partial charge < -0.3 is 14.4 Å². The van der Waals surface area contributed by atoms with Crippen molar-refractivity contribution in [1.29, 1.82) is 0 Å². The van der Waals surface area contributed by atoms with Gasteiger partial charge in [0.25, 0.3) is 0 Å². The SMILES string of the molecule is COc1ccc(CN2C(=O)[C@@H](Br)[C@H]2c2ccccc2)c(OC)c1. The Hall–Kier alpha value is -2.01. The number of nitrogens with zero attached hydrogens (tertiary/aromatic N) is 1. The summed E-state index contributed by atoms with van der Waals surface area (Å²) < 4.78 is 10.6. The number of halogens is 1. The fourth-order valence-electron chi connectivity index (χ4n) is 2.85. The minimum atomic E-state index is -0.172. The number of amides is 1. The molecule has 2 atom stereocenters. The predicted octanol–water partition coefficient (Wildman–Crippen LogP) is 3.55. The third-order valence-corrected chi connectivity index (χ3v) is 5.00. The van der Waals surface area contributed by atoms with Crippen LogP contribution in [-0.2, 0) is 11.3 Å². The third-order valence-electron chi connectivity index (χ3n) is 4.11. The molecule has 0 saturated carbocycles. The van der Waals surface area contributed by atoms with Crippen LogP contribution in [0.15, 0.2) is 48.5 Å².